The van der Waals surface area contributed by atoms with Gasteiger partial charge in [0, 0.05) is 18.8 Å². The van der Waals surface area contributed by atoms with E-state index in [0.717, 1.165) is 19.5 Å². The zero-order valence-electron chi connectivity index (χ0n) is 10.6. The highest BCUT2D eigenvalue weighted by Crippen LogP contribution is 2.26. The molecule has 1 amide bonds. The summed E-state index contributed by atoms with van der Waals surface area (Å²) >= 11 is 0. The number of amides is 1. The van der Waals surface area contributed by atoms with Crippen molar-refractivity contribution in [2.24, 2.45) is 5.92 Å². The molecule has 1 aliphatic heterocycles. The van der Waals surface area contributed by atoms with E-state index in [1.165, 1.54) is 11.3 Å². The van der Waals surface area contributed by atoms with Crippen molar-refractivity contribution in [2.45, 2.75) is 20.3 Å². The van der Waals surface area contributed by atoms with Gasteiger partial charge in [0.25, 0.3) is 0 Å². The third kappa shape index (κ3) is 2.99. The van der Waals surface area contributed by atoms with Crippen molar-refractivity contribution in [2.75, 3.05) is 24.5 Å². The van der Waals surface area contributed by atoms with Gasteiger partial charge < -0.3 is 10.2 Å². The minimum atomic E-state index is 0.121. The first-order valence-electron chi connectivity index (χ1n) is 6.26. The number of nitrogens with zero attached hydrogens (tertiary/aromatic N) is 1. The topological polar surface area (TPSA) is 32.3 Å². The molecule has 3 heteroatoms. The van der Waals surface area contributed by atoms with E-state index < -0.39 is 0 Å². The number of hydrogen-bond donors (Lipinski definition) is 1. The van der Waals surface area contributed by atoms with E-state index in [4.69, 9.17) is 0 Å². The Morgan fingerprint density at radius 1 is 1.41 bits per heavy atom. The van der Waals surface area contributed by atoms with Crippen molar-refractivity contribution in [3.05, 3.63) is 29.8 Å². The first kappa shape index (κ1) is 12.0. The normalized spacial score (nSPS) is 13.9. The molecule has 0 aromatic heterocycles. The Morgan fingerprint density at radius 2 is 2.18 bits per heavy atom. The fraction of sp³-hybridized carbons (Fsp3) is 0.500. The number of nitrogens with one attached hydrogen (secondary N) is 1. The highest BCUT2D eigenvalue weighted by atomic mass is 16.2. The summed E-state index contributed by atoms with van der Waals surface area (Å²) in [5.41, 5.74) is 2.57. The average Bonchev–Trinajstić information content (AvgIpc) is 2.70. The van der Waals surface area contributed by atoms with Gasteiger partial charge in [-0.25, -0.2) is 0 Å². The molecule has 0 unspecified atom stereocenters. The molecule has 0 saturated heterocycles. The van der Waals surface area contributed by atoms with Crippen LogP contribution in [0.1, 0.15) is 19.4 Å². The second-order valence-corrected chi connectivity index (χ2v) is 5.00. The maximum absolute atomic E-state index is 11.8. The quantitative estimate of drug-likeness (QED) is 0.859. The number of para-hydroxylation sites is 1. The zero-order chi connectivity index (χ0) is 12.3. The Hall–Kier alpha value is -1.51. The van der Waals surface area contributed by atoms with Crippen molar-refractivity contribution in [1.29, 1.82) is 0 Å². The summed E-state index contributed by atoms with van der Waals surface area (Å²) in [6.45, 7) is 6.39. The minimum absolute atomic E-state index is 0.121. The molecule has 3 nitrogen and oxygen atoms in total. The molecular weight excluding hydrogens is 212 g/mol. The fourth-order valence-electron chi connectivity index (χ4n) is 2.12. The zero-order valence-corrected chi connectivity index (χ0v) is 10.6. The van der Waals surface area contributed by atoms with Crippen molar-refractivity contribution < 1.29 is 4.79 Å². The summed E-state index contributed by atoms with van der Waals surface area (Å²) in [6, 6.07) is 8.32. The molecule has 0 atom stereocenters. The number of carbonyl (C=O) groups is 1. The van der Waals surface area contributed by atoms with E-state index in [1.807, 2.05) is 6.07 Å². The van der Waals surface area contributed by atoms with Crippen LogP contribution < -0.4 is 10.2 Å². The van der Waals surface area contributed by atoms with E-state index in [9.17, 15) is 4.79 Å². The van der Waals surface area contributed by atoms with Crippen molar-refractivity contribution >= 4 is 11.6 Å². The predicted molar refractivity (Wildman–Crippen MR) is 70.2 cm³/mol. The predicted octanol–water partition coefficient (Wildman–Crippen LogP) is 1.82. The molecule has 0 radical (unpaired) electrons. The van der Waals surface area contributed by atoms with E-state index in [2.05, 4.69) is 42.3 Å². The van der Waals surface area contributed by atoms with Gasteiger partial charge in [0.2, 0.25) is 5.91 Å². The lowest BCUT2D eigenvalue weighted by atomic mass is 10.2. The van der Waals surface area contributed by atoms with Crippen LogP contribution in [0.25, 0.3) is 0 Å². The number of hydrogen-bond acceptors (Lipinski definition) is 2. The monoisotopic (exact) mass is 232 g/mol. The van der Waals surface area contributed by atoms with Crippen LogP contribution in [0, 0.1) is 5.92 Å². The van der Waals surface area contributed by atoms with Crippen molar-refractivity contribution in [3.8, 4) is 0 Å². The number of benzene rings is 1. The lowest BCUT2D eigenvalue weighted by Gasteiger charge is -2.19. The van der Waals surface area contributed by atoms with Crippen LogP contribution in [0.2, 0.25) is 0 Å². The van der Waals surface area contributed by atoms with Crippen molar-refractivity contribution in [1.82, 2.24) is 5.32 Å². The smallest absolute Gasteiger partial charge is 0.239 e. The summed E-state index contributed by atoms with van der Waals surface area (Å²) in [5, 5.41) is 2.96. The molecule has 1 aromatic rings. The first-order valence-corrected chi connectivity index (χ1v) is 6.26. The van der Waals surface area contributed by atoms with E-state index >= 15 is 0 Å². The van der Waals surface area contributed by atoms with Crippen LogP contribution in [-0.4, -0.2) is 25.5 Å². The van der Waals surface area contributed by atoms with Gasteiger partial charge in [-0.2, -0.15) is 0 Å². The van der Waals surface area contributed by atoms with E-state index in [1.54, 1.807) is 0 Å². The fourth-order valence-corrected chi connectivity index (χ4v) is 2.12. The number of fused-ring (bicyclic) bond motifs is 1. The summed E-state index contributed by atoms with van der Waals surface area (Å²) in [4.78, 5) is 13.9. The largest absolute Gasteiger partial charge is 0.362 e. The van der Waals surface area contributed by atoms with Gasteiger partial charge >= 0.3 is 0 Å². The van der Waals surface area contributed by atoms with Crippen molar-refractivity contribution in [3.63, 3.8) is 0 Å². The van der Waals surface area contributed by atoms with E-state index in [-0.39, 0.29) is 5.91 Å². The van der Waals surface area contributed by atoms with Gasteiger partial charge in [0.1, 0.15) is 0 Å². The summed E-state index contributed by atoms with van der Waals surface area (Å²) in [6.07, 6.45) is 1.05. The van der Waals surface area contributed by atoms with Gasteiger partial charge in [-0.05, 0) is 24.0 Å². The maximum atomic E-state index is 11.8. The molecule has 1 heterocycles. The van der Waals surface area contributed by atoms with Crippen LogP contribution >= 0.6 is 0 Å². The molecule has 0 bridgehead atoms. The van der Waals surface area contributed by atoms with Crippen LogP contribution in [0.15, 0.2) is 24.3 Å². The number of rotatable bonds is 4. The van der Waals surface area contributed by atoms with Gasteiger partial charge in [-0.3, -0.25) is 4.79 Å². The Labute approximate surface area is 103 Å². The molecule has 1 N–H and O–H groups in total. The minimum Gasteiger partial charge on any atom is -0.362 e. The Balaban J connectivity index is 1.91. The lowest BCUT2D eigenvalue weighted by molar-refractivity contribution is -0.119. The SMILES string of the molecule is CC(C)CNC(=O)CN1CCc2ccccc21. The van der Waals surface area contributed by atoms with Crippen LogP contribution in [0.4, 0.5) is 5.69 Å². The summed E-state index contributed by atoms with van der Waals surface area (Å²) in [7, 11) is 0. The number of carbonyl (C=O) groups excluding carboxylic acids is 1. The molecule has 0 saturated carbocycles. The summed E-state index contributed by atoms with van der Waals surface area (Å²) < 4.78 is 0. The molecule has 0 fully saturated rings. The molecule has 17 heavy (non-hydrogen) atoms. The Bertz CT molecular complexity index is 401. The Kier molecular flexibility index (Phi) is 3.67. The first-order chi connectivity index (χ1) is 8.16. The highest BCUT2D eigenvalue weighted by molar-refractivity contribution is 5.82. The van der Waals surface area contributed by atoms with Crippen LogP contribution in [-0.2, 0) is 11.2 Å². The molecule has 1 aliphatic rings. The van der Waals surface area contributed by atoms with E-state index in [0.29, 0.717) is 12.5 Å². The average molecular weight is 232 g/mol. The number of anilines is 1. The van der Waals surface area contributed by atoms with Gasteiger partial charge in [-0.1, -0.05) is 32.0 Å². The molecule has 2 rings (SSSR count). The maximum Gasteiger partial charge on any atom is 0.239 e. The molecule has 92 valence electrons. The third-order valence-electron chi connectivity index (χ3n) is 3.03. The lowest BCUT2D eigenvalue weighted by Crippen LogP contribution is -2.37. The molecule has 0 aliphatic carbocycles. The molecular formula is C14H20N2O. The van der Waals surface area contributed by atoms with Gasteiger partial charge in [0.15, 0.2) is 0 Å². The highest BCUT2D eigenvalue weighted by Gasteiger charge is 2.20. The van der Waals surface area contributed by atoms with Gasteiger partial charge in [0.05, 0.1) is 6.54 Å². The third-order valence-corrected chi connectivity index (χ3v) is 3.03. The van der Waals surface area contributed by atoms with Crippen LogP contribution in [0.5, 0.6) is 0 Å². The standard InChI is InChI=1S/C14H20N2O/c1-11(2)9-15-14(17)10-16-8-7-12-5-3-4-6-13(12)16/h3-6,11H,7-10H2,1-2H3,(H,15,17). The second-order valence-electron chi connectivity index (χ2n) is 5.00. The van der Waals surface area contributed by atoms with Gasteiger partial charge in [-0.15, -0.1) is 0 Å². The second kappa shape index (κ2) is 5.21. The van der Waals surface area contributed by atoms with Crippen LogP contribution in [0.3, 0.4) is 0 Å². The summed E-state index contributed by atoms with van der Waals surface area (Å²) in [5.74, 6) is 0.625. The molecule has 1 aromatic carbocycles. The Morgan fingerprint density at radius 3 is 2.94 bits per heavy atom. The molecule has 0 spiro atoms.